The summed E-state index contributed by atoms with van der Waals surface area (Å²) in [7, 11) is 2.12. The topological polar surface area (TPSA) is 53.6 Å². The molecule has 22 heavy (non-hydrogen) atoms. The fourth-order valence-corrected chi connectivity index (χ4v) is 2.35. The minimum atomic E-state index is -0.232. The van der Waals surface area contributed by atoms with E-state index >= 15 is 0 Å². The van der Waals surface area contributed by atoms with E-state index in [0.717, 1.165) is 18.7 Å². The van der Waals surface area contributed by atoms with Crippen LogP contribution < -0.4 is 10.6 Å². The highest BCUT2D eigenvalue weighted by molar-refractivity contribution is 5.81. The summed E-state index contributed by atoms with van der Waals surface area (Å²) in [4.78, 5) is 14.4. The van der Waals surface area contributed by atoms with Crippen molar-refractivity contribution in [1.82, 2.24) is 15.5 Å². The average molecular weight is 305 g/mol. The van der Waals surface area contributed by atoms with Crippen LogP contribution in [-0.2, 0) is 22.6 Å². The summed E-state index contributed by atoms with van der Waals surface area (Å²) in [5.74, 6) is 0.00408. The second kappa shape index (κ2) is 8.27. The Kier molecular flexibility index (Phi) is 6.36. The maximum atomic E-state index is 12.1. The minimum absolute atomic E-state index is 0.00408. The molecular weight excluding hydrogens is 278 g/mol. The number of nitrogens with zero attached hydrogens (tertiary/aromatic N) is 1. The number of hydrogen-bond donors (Lipinski definition) is 2. The predicted molar refractivity (Wildman–Crippen MR) is 87.5 cm³/mol. The van der Waals surface area contributed by atoms with Crippen LogP contribution in [0, 0.1) is 0 Å². The molecule has 1 amide bonds. The van der Waals surface area contributed by atoms with E-state index in [0.29, 0.717) is 25.8 Å². The molecule has 1 saturated heterocycles. The molecule has 0 spiro atoms. The molecule has 2 N–H and O–H groups in total. The highest BCUT2D eigenvalue weighted by Crippen LogP contribution is 2.09. The molecule has 0 aromatic heterocycles. The van der Waals surface area contributed by atoms with E-state index in [4.69, 9.17) is 4.74 Å². The summed E-state index contributed by atoms with van der Waals surface area (Å²) in [6, 6.07) is 8.66. The van der Waals surface area contributed by atoms with Crippen LogP contribution in [0.25, 0.3) is 0 Å². The quantitative estimate of drug-likeness (QED) is 0.827. The zero-order chi connectivity index (χ0) is 15.9. The van der Waals surface area contributed by atoms with Crippen molar-refractivity contribution in [2.75, 3.05) is 26.8 Å². The number of benzene rings is 1. The number of rotatable bonds is 6. The molecule has 0 saturated carbocycles. The summed E-state index contributed by atoms with van der Waals surface area (Å²) in [5.41, 5.74) is 2.39. The second-order valence-electron chi connectivity index (χ2n) is 6.13. The molecule has 5 heteroatoms. The first-order valence-corrected chi connectivity index (χ1v) is 7.93. The summed E-state index contributed by atoms with van der Waals surface area (Å²) in [6.45, 7) is 7.69. The van der Waals surface area contributed by atoms with Gasteiger partial charge in [-0.05, 0) is 32.0 Å². The molecule has 1 aromatic rings. The van der Waals surface area contributed by atoms with Gasteiger partial charge < -0.3 is 15.4 Å². The number of nitrogens with one attached hydrogen (secondary N) is 2. The van der Waals surface area contributed by atoms with E-state index in [1.54, 1.807) is 0 Å². The highest BCUT2D eigenvalue weighted by atomic mass is 16.5. The maximum absolute atomic E-state index is 12.1. The number of carbonyl (C=O) groups is 1. The Balaban J connectivity index is 1.86. The molecule has 0 aliphatic carbocycles. The van der Waals surface area contributed by atoms with Gasteiger partial charge in [0.05, 0.1) is 13.2 Å². The lowest BCUT2D eigenvalue weighted by molar-refractivity contribution is -0.126. The number of hydrogen-bond acceptors (Lipinski definition) is 4. The van der Waals surface area contributed by atoms with Gasteiger partial charge in [0, 0.05) is 25.7 Å². The lowest BCUT2D eigenvalue weighted by Crippen LogP contribution is -2.51. The van der Waals surface area contributed by atoms with Crippen LogP contribution in [0.2, 0.25) is 0 Å². The molecule has 1 aliphatic rings. The van der Waals surface area contributed by atoms with Crippen molar-refractivity contribution in [3.63, 3.8) is 0 Å². The van der Waals surface area contributed by atoms with E-state index in [2.05, 4.69) is 48.6 Å². The van der Waals surface area contributed by atoms with Gasteiger partial charge in [0.25, 0.3) is 0 Å². The second-order valence-corrected chi connectivity index (χ2v) is 6.13. The molecule has 0 bridgehead atoms. The lowest BCUT2D eigenvalue weighted by atomic mass is 10.1. The molecule has 1 atom stereocenters. The average Bonchev–Trinajstić information content (AvgIpc) is 2.53. The molecule has 1 unspecified atom stereocenters. The first kappa shape index (κ1) is 16.9. The fraction of sp³-hybridized carbons (Fsp3) is 0.588. The SMILES string of the molecule is CC(C)N(C)Cc1cccc(CNC(=O)C2COCCN2)c1. The Morgan fingerprint density at radius 2 is 2.23 bits per heavy atom. The summed E-state index contributed by atoms with van der Waals surface area (Å²) >= 11 is 0. The monoisotopic (exact) mass is 305 g/mol. The normalized spacial score (nSPS) is 18.7. The third kappa shape index (κ3) is 5.09. The zero-order valence-corrected chi connectivity index (χ0v) is 13.8. The molecule has 1 heterocycles. The lowest BCUT2D eigenvalue weighted by Gasteiger charge is -2.23. The van der Waals surface area contributed by atoms with Gasteiger partial charge in [-0.1, -0.05) is 24.3 Å². The maximum Gasteiger partial charge on any atom is 0.239 e. The number of amides is 1. The van der Waals surface area contributed by atoms with Crippen LogP contribution in [0.4, 0.5) is 0 Å². The van der Waals surface area contributed by atoms with E-state index in [9.17, 15) is 4.79 Å². The van der Waals surface area contributed by atoms with Crippen LogP contribution in [0.15, 0.2) is 24.3 Å². The molecule has 5 nitrogen and oxygen atoms in total. The largest absolute Gasteiger partial charge is 0.378 e. The molecule has 122 valence electrons. The molecule has 2 rings (SSSR count). The fourth-order valence-electron chi connectivity index (χ4n) is 2.35. The van der Waals surface area contributed by atoms with Crippen molar-refractivity contribution >= 4 is 5.91 Å². The number of morpholine rings is 1. The number of ether oxygens (including phenoxy) is 1. The van der Waals surface area contributed by atoms with Crippen molar-refractivity contribution < 1.29 is 9.53 Å². The third-order valence-corrected chi connectivity index (χ3v) is 4.01. The van der Waals surface area contributed by atoms with Gasteiger partial charge in [-0.2, -0.15) is 0 Å². The third-order valence-electron chi connectivity index (χ3n) is 4.01. The van der Waals surface area contributed by atoms with Gasteiger partial charge in [0.2, 0.25) is 5.91 Å². The van der Waals surface area contributed by atoms with Gasteiger partial charge in [-0.3, -0.25) is 9.69 Å². The molecular formula is C17H27N3O2. The smallest absolute Gasteiger partial charge is 0.239 e. The van der Waals surface area contributed by atoms with Crippen molar-refractivity contribution in [2.24, 2.45) is 0 Å². The summed E-state index contributed by atoms with van der Waals surface area (Å²) < 4.78 is 5.31. The van der Waals surface area contributed by atoms with Crippen LogP contribution in [0.1, 0.15) is 25.0 Å². The van der Waals surface area contributed by atoms with Gasteiger partial charge >= 0.3 is 0 Å². The van der Waals surface area contributed by atoms with Crippen molar-refractivity contribution in [1.29, 1.82) is 0 Å². The predicted octanol–water partition coefficient (Wildman–Crippen LogP) is 1.13. The van der Waals surface area contributed by atoms with Crippen LogP contribution >= 0.6 is 0 Å². The first-order chi connectivity index (χ1) is 10.6. The van der Waals surface area contributed by atoms with E-state index in [-0.39, 0.29) is 11.9 Å². The Morgan fingerprint density at radius 1 is 1.45 bits per heavy atom. The Hall–Kier alpha value is -1.43. The van der Waals surface area contributed by atoms with Crippen molar-refractivity contribution in [3.8, 4) is 0 Å². The van der Waals surface area contributed by atoms with Gasteiger partial charge in [0.1, 0.15) is 6.04 Å². The molecule has 1 fully saturated rings. The molecule has 0 radical (unpaired) electrons. The Labute approximate surface area is 133 Å². The first-order valence-electron chi connectivity index (χ1n) is 7.93. The van der Waals surface area contributed by atoms with Crippen LogP contribution in [-0.4, -0.2) is 49.7 Å². The van der Waals surface area contributed by atoms with E-state index < -0.39 is 0 Å². The summed E-state index contributed by atoms with van der Waals surface area (Å²) in [5, 5.41) is 6.14. The van der Waals surface area contributed by atoms with Crippen molar-refractivity contribution in [3.05, 3.63) is 35.4 Å². The minimum Gasteiger partial charge on any atom is -0.378 e. The van der Waals surface area contributed by atoms with Crippen molar-refractivity contribution in [2.45, 2.75) is 39.0 Å². The van der Waals surface area contributed by atoms with E-state index in [1.807, 2.05) is 12.1 Å². The Morgan fingerprint density at radius 3 is 2.91 bits per heavy atom. The Bertz CT molecular complexity index is 485. The standard InChI is InChI=1S/C17H27N3O2/c1-13(2)20(3)11-15-6-4-5-14(9-15)10-19-17(21)16-12-22-8-7-18-16/h4-6,9,13,16,18H,7-8,10-12H2,1-3H3,(H,19,21). The van der Waals surface area contributed by atoms with Gasteiger partial charge in [-0.25, -0.2) is 0 Å². The number of carbonyl (C=O) groups excluding carboxylic acids is 1. The summed E-state index contributed by atoms with van der Waals surface area (Å²) in [6.07, 6.45) is 0. The highest BCUT2D eigenvalue weighted by Gasteiger charge is 2.20. The molecule has 1 aliphatic heterocycles. The molecule has 1 aromatic carbocycles. The van der Waals surface area contributed by atoms with Crippen LogP contribution in [0.3, 0.4) is 0 Å². The van der Waals surface area contributed by atoms with Gasteiger partial charge in [-0.15, -0.1) is 0 Å². The van der Waals surface area contributed by atoms with Crippen LogP contribution in [0.5, 0.6) is 0 Å². The zero-order valence-electron chi connectivity index (χ0n) is 13.8. The van der Waals surface area contributed by atoms with Gasteiger partial charge in [0.15, 0.2) is 0 Å². The van der Waals surface area contributed by atoms with E-state index in [1.165, 1.54) is 5.56 Å².